The van der Waals surface area contributed by atoms with Gasteiger partial charge in [0, 0.05) is 42.9 Å². The van der Waals surface area contributed by atoms with Crippen molar-refractivity contribution in [2.75, 3.05) is 20.2 Å². The van der Waals surface area contributed by atoms with Crippen LogP contribution in [0, 0.1) is 63.6 Å². The molecule has 5 fully saturated rings. The van der Waals surface area contributed by atoms with Crippen LogP contribution in [0.3, 0.4) is 0 Å². The topological polar surface area (TPSA) is 116 Å². The molecule has 7 rings (SSSR count). The van der Waals surface area contributed by atoms with E-state index in [0.717, 1.165) is 96.3 Å². The van der Waals surface area contributed by atoms with Gasteiger partial charge in [-0.2, -0.15) is 0 Å². The molecule has 318 valence electrons. The molecule has 57 heavy (non-hydrogen) atoms. The van der Waals surface area contributed by atoms with Gasteiger partial charge in [-0.1, -0.05) is 90.8 Å². The number of ether oxygens (including phenoxy) is 1. The number of aldehydes is 1. The maximum absolute atomic E-state index is 14.3. The van der Waals surface area contributed by atoms with Crippen molar-refractivity contribution in [3.8, 4) is 0 Å². The van der Waals surface area contributed by atoms with Gasteiger partial charge in [0.1, 0.15) is 12.4 Å². The van der Waals surface area contributed by atoms with Gasteiger partial charge in [-0.15, -0.1) is 0 Å². The van der Waals surface area contributed by atoms with E-state index in [1.165, 1.54) is 16.7 Å². The highest BCUT2D eigenvalue weighted by Gasteiger charge is 2.67. The molecule has 0 radical (unpaired) electrons. The zero-order valence-electron chi connectivity index (χ0n) is 37.1. The van der Waals surface area contributed by atoms with Gasteiger partial charge < -0.3 is 25.1 Å². The lowest BCUT2D eigenvalue weighted by molar-refractivity contribution is -0.214. The molecule has 3 N–H and O–H groups in total. The number of hydrogen-bond donors (Lipinski definition) is 3. The molecule has 0 amide bonds. The summed E-state index contributed by atoms with van der Waals surface area (Å²) >= 11 is 0. The molecule has 0 aromatic heterocycles. The molecule has 10 unspecified atom stereocenters. The minimum absolute atomic E-state index is 0.115. The van der Waals surface area contributed by atoms with Crippen LogP contribution in [0.5, 0.6) is 0 Å². The van der Waals surface area contributed by atoms with Gasteiger partial charge in [0.05, 0.1) is 18.7 Å². The number of Topliss-reactive ketones (excluding diaryl/α,β-unsaturated/α-hetero) is 1. The van der Waals surface area contributed by atoms with E-state index in [9.17, 15) is 19.5 Å². The fraction of sp³-hybridized carbons (Fsp3) is 0.776. The number of esters is 1. The molecule has 0 bridgehead atoms. The third kappa shape index (κ3) is 7.88. The second-order valence-electron chi connectivity index (χ2n) is 21.4. The highest BCUT2D eigenvalue weighted by atomic mass is 16.5. The van der Waals surface area contributed by atoms with Crippen LogP contribution in [0.1, 0.15) is 144 Å². The fourth-order valence-corrected chi connectivity index (χ4v) is 14.2. The summed E-state index contributed by atoms with van der Waals surface area (Å²) in [6.07, 6.45) is 11.4. The predicted octanol–water partition coefficient (Wildman–Crippen LogP) is 8.59. The van der Waals surface area contributed by atoms with Crippen LogP contribution >= 0.6 is 0 Å². The summed E-state index contributed by atoms with van der Waals surface area (Å²) in [5.74, 6) is 1.98. The first-order chi connectivity index (χ1) is 26.9. The van der Waals surface area contributed by atoms with Gasteiger partial charge in [-0.05, 0) is 129 Å². The smallest absolute Gasteiger partial charge is 0.307 e. The van der Waals surface area contributed by atoms with Crippen molar-refractivity contribution in [1.29, 1.82) is 0 Å². The molecule has 5 aliphatic carbocycles. The van der Waals surface area contributed by atoms with Crippen LogP contribution in [0.25, 0.3) is 0 Å². The number of rotatable bonds is 11. The largest absolute Gasteiger partial charge is 0.462 e. The molecule has 8 heteroatoms. The van der Waals surface area contributed by atoms with Crippen LogP contribution in [-0.4, -0.2) is 71.7 Å². The van der Waals surface area contributed by atoms with E-state index in [1.807, 2.05) is 0 Å². The second kappa shape index (κ2) is 16.6. The van der Waals surface area contributed by atoms with Crippen molar-refractivity contribution < 1.29 is 29.3 Å². The number of carbonyl (C=O) groups is 3. The third-order valence-corrected chi connectivity index (χ3v) is 16.8. The summed E-state index contributed by atoms with van der Waals surface area (Å²) in [5, 5.41) is 23.4. The third-order valence-electron chi connectivity index (χ3n) is 16.8. The zero-order valence-corrected chi connectivity index (χ0v) is 37.1. The highest BCUT2D eigenvalue weighted by Crippen LogP contribution is 2.73. The standard InChI is InChI=1S/C48H72N2O5.CH4O/c1-30(2)42-35(52)25-48(38(53)28-50(40-11-10-24-49-40)27-32-14-12-31(3)13-15-32)23-18-34-33(43(42)48)16-17-37-46(34,8)21-19-36-45(6,7)39(20-22-47(36,37)9)55-41(54)26-44(4,5)29-51;1-2/h12-15,29-30,33-34,36-40,49,53H,10-11,16-28H2,1-9H3;2H,1H3. The summed E-state index contributed by atoms with van der Waals surface area (Å²) < 4.78 is 6.24. The number of aliphatic hydroxyl groups is 2. The number of nitrogens with zero attached hydrogens (tertiary/aromatic N) is 1. The van der Waals surface area contributed by atoms with Gasteiger partial charge in [0.2, 0.25) is 0 Å². The Labute approximate surface area is 344 Å². The van der Waals surface area contributed by atoms with Crippen LogP contribution in [0.15, 0.2) is 35.4 Å². The monoisotopic (exact) mass is 789 g/mol. The normalized spacial score (nSPS) is 36.4. The van der Waals surface area contributed by atoms with Gasteiger partial charge in [-0.3, -0.25) is 14.5 Å². The number of fused-ring (bicyclic) bond motifs is 7. The van der Waals surface area contributed by atoms with E-state index in [0.29, 0.717) is 36.6 Å². The number of benzene rings is 1. The van der Waals surface area contributed by atoms with Gasteiger partial charge in [0.25, 0.3) is 0 Å². The SMILES string of the molecule is CO.Cc1ccc(CN(CC(O)C23CCC4C(CCC5C4(C)CCC4C(C)(C)C(OC(=O)CC(C)(C)C=O)CCC45C)C2=C(C(C)C)C(=O)C3)C2CCCN2)cc1. The van der Waals surface area contributed by atoms with E-state index in [4.69, 9.17) is 9.84 Å². The fourth-order valence-electron chi connectivity index (χ4n) is 14.2. The number of ketones is 1. The minimum atomic E-state index is -0.716. The van der Waals surface area contributed by atoms with Gasteiger partial charge >= 0.3 is 5.97 Å². The minimum Gasteiger partial charge on any atom is -0.462 e. The van der Waals surface area contributed by atoms with Crippen LogP contribution < -0.4 is 5.32 Å². The van der Waals surface area contributed by atoms with Crippen molar-refractivity contribution in [3.63, 3.8) is 0 Å². The van der Waals surface area contributed by atoms with Crippen molar-refractivity contribution in [1.82, 2.24) is 10.2 Å². The Morgan fingerprint density at radius 1 is 0.965 bits per heavy atom. The molecule has 1 heterocycles. The first kappa shape index (κ1) is 44.2. The summed E-state index contributed by atoms with van der Waals surface area (Å²) in [4.78, 5) is 41.4. The zero-order chi connectivity index (χ0) is 41.7. The molecule has 4 saturated carbocycles. The summed E-state index contributed by atoms with van der Waals surface area (Å²) in [7, 11) is 1.00. The lowest BCUT2D eigenvalue weighted by Crippen LogP contribution is -2.63. The molecule has 1 aromatic carbocycles. The molecule has 1 saturated heterocycles. The molecule has 0 spiro atoms. The van der Waals surface area contributed by atoms with Crippen molar-refractivity contribution >= 4 is 18.0 Å². The highest BCUT2D eigenvalue weighted by molar-refractivity contribution is 6.00. The Morgan fingerprint density at radius 2 is 1.65 bits per heavy atom. The van der Waals surface area contributed by atoms with E-state index < -0.39 is 16.9 Å². The average Bonchev–Trinajstić information content (AvgIpc) is 3.81. The van der Waals surface area contributed by atoms with E-state index in [-0.39, 0.29) is 52.6 Å². The van der Waals surface area contributed by atoms with Crippen molar-refractivity contribution in [3.05, 3.63) is 46.5 Å². The summed E-state index contributed by atoms with van der Waals surface area (Å²) in [5.41, 5.74) is 3.82. The second-order valence-corrected chi connectivity index (χ2v) is 21.4. The molecule has 1 aromatic rings. The number of aliphatic hydroxyl groups excluding tert-OH is 2. The molecular formula is C49H76N2O6. The van der Waals surface area contributed by atoms with Crippen LogP contribution in [-0.2, 0) is 25.7 Å². The van der Waals surface area contributed by atoms with E-state index in [2.05, 4.69) is 82.9 Å². The Hall–Kier alpha value is -2.39. The Kier molecular flexibility index (Phi) is 12.8. The van der Waals surface area contributed by atoms with Crippen molar-refractivity contribution in [2.45, 2.75) is 164 Å². The van der Waals surface area contributed by atoms with E-state index >= 15 is 0 Å². The van der Waals surface area contributed by atoms with Crippen LogP contribution in [0.2, 0.25) is 0 Å². The van der Waals surface area contributed by atoms with E-state index in [1.54, 1.807) is 13.8 Å². The Balaban J connectivity index is 0.00000270. The lowest BCUT2D eigenvalue weighted by atomic mass is 9.36. The molecule has 10 atom stereocenters. The summed E-state index contributed by atoms with van der Waals surface area (Å²) in [6.45, 7) is 22.3. The Bertz CT molecular complexity index is 1660. The van der Waals surface area contributed by atoms with Crippen molar-refractivity contribution in [2.24, 2.45) is 56.7 Å². The van der Waals surface area contributed by atoms with Crippen LogP contribution in [0.4, 0.5) is 0 Å². The number of allylic oxidation sites excluding steroid dienone is 1. The van der Waals surface area contributed by atoms with Gasteiger partial charge in [0.15, 0.2) is 5.78 Å². The maximum atomic E-state index is 14.3. The Morgan fingerprint density at radius 3 is 2.28 bits per heavy atom. The summed E-state index contributed by atoms with van der Waals surface area (Å²) in [6, 6.07) is 8.81. The number of carbonyl (C=O) groups excluding carboxylic acids is 3. The predicted molar refractivity (Wildman–Crippen MR) is 226 cm³/mol. The lowest BCUT2D eigenvalue weighted by Gasteiger charge is -2.69. The molecular weight excluding hydrogens is 713 g/mol. The maximum Gasteiger partial charge on any atom is 0.307 e. The van der Waals surface area contributed by atoms with Gasteiger partial charge in [-0.25, -0.2) is 0 Å². The molecule has 1 aliphatic heterocycles. The first-order valence-electron chi connectivity index (χ1n) is 22.5. The number of hydrogen-bond acceptors (Lipinski definition) is 8. The number of aryl methyl sites for hydroxylation is 1. The molecule has 6 aliphatic rings. The average molecular weight is 789 g/mol. The molecule has 8 nitrogen and oxygen atoms in total. The quantitative estimate of drug-likeness (QED) is 0.151. The number of nitrogens with one attached hydrogen (secondary N) is 1. The first-order valence-corrected chi connectivity index (χ1v) is 22.5.